The number of halogens is 2. The van der Waals surface area contributed by atoms with E-state index in [4.69, 9.17) is 23.2 Å². The molecule has 0 fully saturated rings. The van der Waals surface area contributed by atoms with Crippen molar-refractivity contribution in [1.82, 2.24) is 10.2 Å². The number of aryl methyl sites for hydroxylation is 3. The number of hydrogen-bond donors (Lipinski definition) is 1. The number of carbonyl (C=O) groups is 2. The average Bonchev–Trinajstić information content (AvgIpc) is 2.91. The summed E-state index contributed by atoms with van der Waals surface area (Å²) >= 11 is 12.8. The summed E-state index contributed by atoms with van der Waals surface area (Å²) in [6, 6.07) is 15.7. The van der Waals surface area contributed by atoms with Gasteiger partial charge in [-0.3, -0.25) is 13.9 Å². The number of anilines is 1. The monoisotopic (exact) mass is 603 g/mol. The van der Waals surface area contributed by atoms with Crippen molar-refractivity contribution in [3.8, 4) is 0 Å². The molecule has 0 aliphatic carbocycles. The van der Waals surface area contributed by atoms with Gasteiger partial charge >= 0.3 is 0 Å². The van der Waals surface area contributed by atoms with Crippen molar-refractivity contribution in [2.75, 3.05) is 17.4 Å². The van der Waals surface area contributed by atoms with E-state index in [1.165, 1.54) is 17.0 Å². The first-order chi connectivity index (χ1) is 18.9. The zero-order chi connectivity index (χ0) is 29.6. The predicted octanol–water partition coefficient (Wildman–Crippen LogP) is 6.06. The summed E-state index contributed by atoms with van der Waals surface area (Å²) in [5.74, 6) is -0.943. The first kappa shape index (κ1) is 31.5. The maximum atomic E-state index is 14.0. The number of rotatable bonds is 11. The van der Waals surface area contributed by atoms with Crippen LogP contribution in [0.5, 0.6) is 0 Å². The Balaban J connectivity index is 2.08. The van der Waals surface area contributed by atoms with E-state index < -0.39 is 28.5 Å². The highest BCUT2D eigenvalue weighted by atomic mass is 35.5. The van der Waals surface area contributed by atoms with Crippen molar-refractivity contribution < 1.29 is 18.0 Å². The lowest BCUT2D eigenvalue weighted by Gasteiger charge is -2.32. The SMILES string of the molecule is CCCNC(=O)[C@H](C)N(Cc1c(Cl)cccc1Cl)C(=O)CN(c1ccc(C)c(C)c1)S(=O)(=O)c1ccc(C)cc1. The van der Waals surface area contributed by atoms with Crippen LogP contribution in [0.15, 0.2) is 65.6 Å². The fraction of sp³-hybridized carbons (Fsp3) is 0.333. The van der Waals surface area contributed by atoms with Gasteiger partial charge in [0, 0.05) is 28.7 Å². The lowest BCUT2D eigenvalue weighted by molar-refractivity contribution is -0.139. The molecule has 1 atom stereocenters. The van der Waals surface area contributed by atoms with Gasteiger partial charge in [-0.25, -0.2) is 8.42 Å². The van der Waals surface area contributed by atoms with Crippen LogP contribution in [0.25, 0.3) is 0 Å². The highest BCUT2D eigenvalue weighted by molar-refractivity contribution is 7.92. The summed E-state index contributed by atoms with van der Waals surface area (Å²) in [4.78, 5) is 28.4. The van der Waals surface area contributed by atoms with Crippen LogP contribution in [0.1, 0.15) is 42.5 Å². The Hall–Kier alpha value is -3.07. The molecule has 0 heterocycles. The third-order valence-corrected chi connectivity index (χ3v) is 9.27. The van der Waals surface area contributed by atoms with Crippen LogP contribution in [0.2, 0.25) is 10.0 Å². The molecule has 1 N–H and O–H groups in total. The molecule has 3 aromatic rings. The van der Waals surface area contributed by atoms with E-state index >= 15 is 0 Å². The molecule has 3 rings (SSSR count). The standard InChI is InChI=1S/C30H35Cl2N3O4S/c1-6-16-33-30(37)23(5)34(18-26-27(31)8-7-9-28(26)32)29(36)19-35(24-13-12-21(3)22(4)17-24)40(38,39)25-14-10-20(2)11-15-25/h7-15,17,23H,6,16,18-19H2,1-5H3,(H,33,37)/t23-/m0/s1. The van der Waals surface area contributed by atoms with Crippen molar-refractivity contribution in [3.63, 3.8) is 0 Å². The normalized spacial score (nSPS) is 12.1. The van der Waals surface area contributed by atoms with Gasteiger partial charge in [-0.1, -0.05) is 60.0 Å². The van der Waals surface area contributed by atoms with Gasteiger partial charge in [0.15, 0.2) is 0 Å². The minimum absolute atomic E-state index is 0.0542. The maximum absolute atomic E-state index is 14.0. The average molecular weight is 605 g/mol. The number of benzene rings is 3. The lowest BCUT2D eigenvalue weighted by Crippen LogP contribution is -2.51. The third-order valence-electron chi connectivity index (χ3n) is 6.77. The fourth-order valence-corrected chi connectivity index (χ4v) is 6.00. The molecule has 0 radical (unpaired) electrons. The van der Waals surface area contributed by atoms with Crippen molar-refractivity contribution in [3.05, 3.63) is 93.0 Å². The van der Waals surface area contributed by atoms with Gasteiger partial charge in [0.2, 0.25) is 11.8 Å². The van der Waals surface area contributed by atoms with E-state index in [-0.39, 0.29) is 17.3 Å². The van der Waals surface area contributed by atoms with E-state index in [0.717, 1.165) is 27.4 Å². The molecule has 214 valence electrons. The van der Waals surface area contributed by atoms with Crippen molar-refractivity contribution in [2.45, 2.75) is 58.5 Å². The Bertz CT molecular complexity index is 1460. The molecule has 0 aliphatic rings. The van der Waals surface area contributed by atoms with Gasteiger partial charge in [0.05, 0.1) is 10.6 Å². The maximum Gasteiger partial charge on any atom is 0.264 e. The molecule has 0 saturated carbocycles. The number of carbonyl (C=O) groups excluding carboxylic acids is 2. The quantitative estimate of drug-likeness (QED) is 0.289. The minimum atomic E-state index is -4.15. The molecule has 40 heavy (non-hydrogen) atoms. The topological polar surface area (TPSA) is 86.8 Å². The molecule has 0 aromatic heterocycles. The van der Waals surface area contributed by atoms with E-state index in [9.17, 15) is 18.0 Å². The van der Waals surface area contributed by atoms with Gasteiger partial charge in [0.1, 0.15) is 12.6 Å². The van der Waals surface area contributed by atoms with Crippen LogP contribution in [-0.2, 0) is 26.2 Å². The van der Waals surface area contributed by atoms with Crippen molar-refractivity contribution >= 4 is 50.7 Å². The molecule has 0 saturated heterocycles. The summed E-state index contributed by atoms with van der Waals surface area (Å²) in [5.41, 5.74) is 3.58. The molecule has 2 amide bonds. The Labute approximate surface area is 247 Å². The lowest BCUT2D eigenvalue weighted by atomic mass is 10.1. The molecule has 0 bridgehead atoms. The van der Waals surface area contributed by atoms with Crippen LogP contribution in [0.3, 0.4) is 0 Å². The summed E-state index contributed by atoms with van der Waals surface area (Å²) in [6.07, 6.45) is 0.720. The summed E-state index contributed by atoms with van der Waals surface area (Å²) in [6.45, 7) is 9.02. The predicted molar refractivity (Wildman–Crippen MR) is 161 cm³/mol. The number of nitrogens with one attached hydrogen (secondary N) is 1. The highest BCUT2D eigenvalue weighted by Crippen LogP contribution is 2.29. The number of hydrogen-bond acceptors (Lipinski definition) is 4. The van der Waals surface area contributed by atoms with Crippen LogP contribution in [0.4, 0.5) is 5.69 Å². The molecule has 10 heteroatoms. The van der Waals surface area contributed by atoms with Crippen molar-refractivity contribution in [2.24, 2.45) is 0 Å². The molecule has 0 unspecified atom stereocenters. The summed E-state index contributed by atoms with van der Waals surface area (Å²) in [5, 5.41) is 3.49. The van der Waals surface area contributed by atoms with Gasteiger partial charge in [-0.2, -0.15) is 0 Å². The smallest absolute Gasteiger partial charge is 0.264 e. The van der Waals surface area contributed by atoms with Gasteiger partial charge < -0.3 is 10.2 Å². The molecule has 3 aromatic carbocycles. The zero-order valence-electron chi connectivity index (χ0n) is 23.4. The molecule has 0 aliphatic heterocycles. The highest BCUT2D eigenvalue weighted by Gasteiger charge is 2.33. The van der Waals surface area contributed by atoms with Gasteiger partial charge in [-0.15, -0.1) is 0 Å². The summed E-state index contributed by atoms with van der Waals surface area (Å²) < 4.78 is 29.0. The molecular formula is C30H35Cl2N3O4S. The number of amides is 2. The number of nitrogens with zero attached hydrogens (tertiary/aromatic N) is 2. The Kier molecular flexibility index (Phi) is 10.6. The second-order valence-electron chi connectivity index (χ2n) is 9.78. The third kappa shape index (κ3) is 7.36. The van der Waals surface area contributed by atoms with E-state index in [0.29, 0.717) is 27.8 Å². The molecule has 7 nitrogen and oxygen atoms in total. The van der Waals surface area contributed by atoms with Gasteiger partial charge in [-0.05, 0) is 81.6 Å². The molecular weight excluding hydrogens is 569 g/mol. The Morgan fingerprint density at radius 1 is 0.925 bits per heavy atom. The van der Waals surface area contributed by atoms with Crippen LogP contribution in [-0.4, -0.2) is 44.3 Å². The molecule has 0 spiro atoms. The first-order valence-electron chi connectivity index (χ1n) is 13.0. The van der Waals surface area contributed by atoms with E-state index in [1.54, 1.807) is 49.4 Å². The first-order valence-corrected chi connectivity index (χ1v) is 15.2. The Morgan fingerprint density at radius 2 is 1.55 bits per heavy atom. The second-order valence-corrected chi connectivity index (χ2v) is 12.5. The van der Waals surface area contributed by atoms with Gasteiger partial charge in [0.25, 0.3) is 10.0 Å². The summed E-state index contributed by atoms with van der Waals surface area (Å²) in [7, 11) is -4.15. The largest absolute Gasteiger partial charge is 0.354 e. The minimum Gasteiger partial charge on any atom is -0.354 e. The van der Waals surface area contributed by atoms with E-state index in [1.807, 2.05) is 33.8 Å². The fourth-order valence-electron chi connectivity index (χ4n) is 4.08. The zero-order valence-corrected chi connectivity index (χ0v) is 25.7. The second kappa shape index (κ2) is 13.5. The Morgan fingerprint density at radius 3 is 2.12 bits per heavy atom. The van der Waals surface area contributed by atoms with Crippen LogP contribution < -0.4 is 9.62 Å². The van der Waals surface area contributed by atoms with Crippen LogP contribution >= 0.6 is 23.2 Å². The van der Waals surface area contributed by atoms with E-state index in [2.05, 4.69) is 5.32 Å². The van der Waals surface area contributed by atoms with Crippen molar-refractivity contribution in [1.29, 1.82) is 0 Å². The van der Waals surface area contributed by atoms with Crippen LogP contribution in [0, 0.1) is 20.8 Å². The number of sulfonamides is 1.